The molecule has 0 aromatic heterocycles. The predicted molar refractivity (Wildman–Crippen MR) is 227 cm³/mol. The Kier molecular flexibility index (Phi) is 25.1. The zero-order chi connectivity index (χ0) is 37.7. The van der Waals surface area contributed by atoms with E-state index in [1.165, 1.54) is 90.8 Å². The normalized spacial score (nSPS) is 14.6. The number of hydrogen-bond acceptors (Lipinski definition) is 0. The Balaban J connectivity index is 0. The minimum Gasteiger partial charge on any atom is -0.0698 e. The topological polar surface area (TPSA) is 0 Å². The molecule has 0 spiro atoms. The Hall–Kier alpha value is -2.60. The number of rotatable bonds is 2. The van der Waals surface area contributed by atoms with Crippen LogP contribution in [0.2, 0.25) is 0 Å². The molecule has 0 saturated heterocycles. The summed E-state index contributed by atoms with van der Waals surface area (Å²) in [6.45, 7) is 44.3. The van der Waals surface area contributed by atoms with Gasteiger partial charge in [-0.25, -0.2) is 0 Å². The molecule has 48 heavy (non-hydrogen) atoms. The van der Waals surface area contributed by atoms with Crippen molar-refractivity contribution < 1.29 is 0 Å². The van der Waals surface area contributed by atoms with E-state index >= 15 is 0 Å². The lowest BCUT2D eigenvalue weighted by molar-refractivity contribution is 0.800. The van der Waals surface area contributed by atoms with Gasteiger partial charge >= 0.3 is 0 Å². The molecule has 0 saturated carbocycles. The fourth-order valence-electron chi connectivity index (χ4n) is 6.59. The Morgan fingerprint density at radius 3 is 0.708 bits per heavy atom. The first-order valence-electron chi connectivity index (χ1n) is 19.8. The predicted octanol–water partition coefficient (Wildman–Crippen LogP) is 17.3. The van der Waals surface area contributed by atoms with Gasteiger partial charge in [0.25, 0.3) is 0 Å². The number of benzene rings is 2. The minimum absolute atomic E-state index is 0.486. The molecule has 2 aromatic carbocycles. The fourth-order valence-corrected chi connectivity index (χ4v) is 6.59. The SMILES string of the molecule is CC.CC.CC.CC.CC1=C(C)c2cccc(c2C(C)C)C(C)=C(C)CCCC(C)=C(C)c2cccc(c2C(C)C)C(C)=C(C)CCC1. The lowest BCUT2D eigenvalue weighted by atomic mass is 9.82. The van der Waals surface area contributed by atoms with Gasteiger partial charge in [-0.05, 0) is 161 Å². The molecular weight excluding hydrogens is 577 g/mol. The number of fused-ring (bicyclic) bond motifs is 4. The van der Waals surface area contributed by atoms with E-state index in [1.54, 1.807) is 0 Å². The first-order chi connectivity index (χ1) is 22.9. The van der Waals surface area contributed by atoms with E-state index in [4.69, 9.17) is 0 Å². The molecule has 0 unspecified atom stereocenters. The minimum atomic E-state index is 0.486. The zero-order valence-corrected chi connectivity index (χ0v) is 35.9. The standard InChI is InChI=1S/C40H56.4C2H6/c1-25(2)39-35-21-15-22-36(39)32(10)28(6)18-14-20-30(8)34(12)38-24-16-23-37(40(38)26(3)4)33(11)29(7)19-13-17-27(5)31(35)9;4*1-2/h15-16,21-26H,13-14,17-20H2,1-12H3;4*1-2H3. The summed E-state index contributed by atoms with van der Waals surface area (Å²) in [4.78, 5) is 0. The highest BCUT2D eigenvalue weighted by Crippen LogP contribution is 2.38. The molecule has 0 aliphatic heterocycles. The Morgan fingerprint density at radius 2 is 0.542 bits per heavy atom. The summed E-state index contributed by atoms with van der Waals surface area (Å²) < 4.78 is 0. The second-order valence-electron chi connectivity index (χ2n) is 13.2. The summed E-state index contributed by atoms with van der Waals surface area (Å²) in [5.74, 6) is 0.971. The van der Waals surface area contributed by atoms with Gasteiger partial charge in [-0.3, -0.25) is 0 Å². The zero-order valence-electron chi connectivity index (χ0n) is 35.9. The summed E-state index contributed by atoms with van der Waals surface area (Å²) >= 11 is 0. The highest BCUT2D eigenvalue weighted by molar-refractivity contribution is 5.79. The molecule has 0 fully saturated rings. The molecule has 4 bridgehead atoms. The molecule has 0 atom stereocenters. The van der Waals surface area contributed by atoms with Crippen molar-refractivity contribution in [2.24, 2.45) is 0 Å². The van der Waals surface area contributed by atoms with Crippen LogP contribution in [0.15, 0.2) is 58.7 Å². The van der Waals surface area contributed by atoms with Crippen LogP contribution in [-0.2, 0) is 0 Å². The lowest BCUT2D eigenvalue weighted by Gasteiger charge is -2.23. The molecule has 1 aliphatic rings. The maximum Gasteiger partial charge on any atom is -0.0187 e. The first-order valence-corrected chi connectivity index (χ1v) is 19.8. The van der Waals surface area contributed by atoms with E-state index in [0.717, 1.165) is 25.7 Å². The summed E-state index contributed by atoms with van der Waals surface area (Å²) in [6.07, 6.45) is 6.95. The van der Waals surface area contributed by atoms with Crippen LogP contribution in [0.4, 0.5) is 0 Å². The van der Waals surface area contributed by atoms with E-state index in [-0.39, 0.29) is 0 Å². The van der Waals surface area contributed by atoms with Crippen molar-refractivity contribution in [3.8, 4) is 0 Å². The molecule has 272 valence electrons. The van der Waals surface area contributed by atoms with Gasteiger partial charge in [0.15, 0.2) is 0 Å². The van der Waals surface area contributed by atoms with E-state index in [9.17, 15) is 0 Å². The summed E-state index contributed by atoms with van der Waals surface area (Å²) in [5.41, 5.74) is 20.8. The van der Waals surface area contributed by atoms with Crippen molar-refractivity contribution in [2.45, 2.75) is 189 Å². The molecule has 0 heterocycles. The lowest BCUT2D eigenvalue weighted by Crippen LogP contribution is -2.03. The van der Waals surface area contributed by atoms with Crippen LogP contribution < -0.4 is 0 Å². The molecule has 1 aliphatic carbocycles. The van der Waals surface area contributed by atoms with Gasteiger partial charge in [0.1, 0.15) is 0 Å². The van der Waals surface area contributed by atoms with E-state index in [2.05, 4.69) is 119 Å². The largest absolute Gasteiger partial charge is 0.0698 e. The van der Waals surface area contributed by atoms with Crippen molar-refractivity contribution in [3.05, 3.63) is 92.1 Å². The third-order valence-corrected chi connectivity index (χ3v) is 9.75. The summed E-state index contributed by atoms with van der Waals surface area (Å²) in [5, 5.41) is 0. The van der Waals surface area contributed by atoms with Crippen LogP contribution in [0.1, 0.15) is 222 Å². The van der Waals surface area contributed by atoms with Gasteiger partial charge in [0.05, 0.1) is 0 Å². The maximum atomic E-state index is 2.36. The van der Waals surface area contributed by atoms with Crippen molar-refractivity contribution in [1.82, 2.24) is 0 Å². The van der Waals surface area contributed by atoms with Gasteiger partial charge in [-0.1, -0.05) is 142 Å². The Morgan fingerprint density at radius 1 is 0.354 bits per heavy atom. The molecule has 0 nitrogen and oxygen atoms in total. The molecular formula is C48H80. The van der Waals surface area contributed by atoms with E-state index < -0.39 is 0 Å². The number of allylic oxidation sites excluding steroid dienone is 8. The Bertz CT molecular complexity index is 1150. The molecule has 0 amide bonds. The van der Waals surface area contributed by atoms with Gasteiger partial charge in [0, 0.05) is 0 Å². The van der Waals surface area contributed by atoms with Crippen molar-refractivity contribution in [1.29, 1.82) is 0 Å². The van der Waals surface area contributed by atoms with Crippen LogP contribution in [0, 0.1) is 0 Å². The highest BCUT2D eigenvalue weighted by atomic mass is 14.2. The van der Waals surface area contributed by atoms with Gasteiger partial charge in [-0.15, -0.1) is 0 Å². The van der Waals surface area contributed by atoms with Gasteiger partial charge < -0.3 is 0 Å². The highest BCUT2D eigenvalue weighted by Gasteiger charge is 2.19. The van der Waals surface area contributed by atoms with Crippen LogP contribution in [0.3, 0.4) is 0 Å². The molecule has 0 radical (unpaired) electrons. The quantitative estimate of drug-likeness (QED) is 0.302. The fraction of sp³-hybridized carbons (Fsp3) is 0.583. The number of hydrogen-bond donors (Lipinski definition) is 0. The Labute approximate surface area is 302 Å². The summed E-state index contributed by atoms with van der Waals surface area (Å²) in [6, 6.07) is 14.0. The second kappa shape index (κ2) is 25.4. The average molecular weight is 657 g/mol. The average Bonchev–Trinajstić information content (AvgIpc) is 3.12. The molecule has 0 heteroatoms. The third kappa shape index (κ3) is 13.0. The molecule has 2 aromatic rings. The van der Waals surface area contributed by atoms with Crippen molar-refractivity contribution in [2.75, 3.05) is 0 Å². The van der Waals surface area contributed by atoms with Crippen LogP contribution in [0.5, 0.6) is 0 Å². The van der Waals surface area contributed by atoms with E-state index in [0.29, 0.717) is 11.8 Å². The second-order valence-corrected chi connectivity index (χ2v) is 13.2. The van der Waals surface area contributed by atoms with Gasteiger partial charge in [-0.2, -0.15) is 0 Å². The van der Waals surface area contributed by atoms with Crippen LogP contribution >= 0.6 is 0 Å². The molecule has 3 rings (SSSR count). The van der Waals surface area contributed by atoms with Gasteiger partial charge in [0.2, 0.25) is 0 Å². The van der Waals surface area contributed by atoms with Crippen LogP contribution in [-0.4, -0.2) is 0 Å². The maximum absolute atomic E-state index is 2.36. The summed E-state index contributed by atoms with van der Waals surface area (Å²) in [7, 11) is 0. The smallest absolute Gasteiger partial charge is 0.0187 e. The van der Waals surface area contributed by atoms with Crippen molar-refractivity contribution >= 4 is 22.3 Å². The van der Waals surface area contributed by atoms with Crippen LogP contribution in [0.25, 0.3) is 22.3 Å². The molecule has 0 N–H and O–H groups in total. The first kappa shape index (κ1) is 47.5. The third-order valence-electron chi connectivity index (χ3n) is 9.75. The van der Waals surface area contributed by atoms with Crippen molar-refractivity contribution in [3.63, 3.8) is 0 Å². The van der Waals surface area contributed by atoms with E-state index in [1.807, 2.05) is 55.4 Å². The monoisotopic (exact) mass is 657 g/mol.